The standard InChI is InChI=1S/C69H128O6/c1-4-7-10-13-16-19-22-25-28-31-33-34-36-39-41-44-47-50-53-56-59-62-68(71)74-65-66(75-69(72)63-60-57-54-51-48-45-42-37-30-27-24-21-18-15-12-9-6-3)64-73-67(70)61-58-55-52-49-46-43-40-38-35-32-29-26-23-20-17-14-11-8-5-2/h17,20,26-27,29-30,66H,4-16,18-19,21-25,28,31-65H2,1-3H3/b20-17-,29-26-,30-27-/t66-/m1/s1. The summed E-state index contributed by atoms with van der Waals surface area (Å²) in [5, 5.41) is 0. The number of hydrogen-bond donors (Lipinski definition) is 0. The van der Waals surface area contributed by atoms with Gasteiger partial charge < -0.3 is 14.2 Å². The summed E-state index contributed by atoms with van der Waals surface area (Å²) < 4.78 is 17.0. The maximum atomic E-state index is 12.9. The van der Waals surface area contributed by atoms with Gasteiger partial charge in [-0.1, -0.05) is 308 Å². The summed E-state index contributed by atoms with van der Waals surface area (Å²) in [6, 6.07) is 0. The first-order valence-corrected chi connectivity index (χ1v) is 33.5. The second-order valence-electron chi connectivity index (χ2n) is 22.7. The highest BCUT2D eigenvalue weighted by Crippen LogP contribution is 2.18. The molecule has 0 aromatic rings. The molecule has 6 heteroatoms. The van der Waals surface area contributed by atoms with Crippen LogP contribution in [0.1, 0.15) is 367 Å². The van der Waals surface area contributed by atoms with Gasteiger partial charge in [0.2, 0.25) is 0 Å². The van der Waals surface area contributed by atoms with E-state index in [0.29, 0.717) is 19.3 Å². The molecule has 0 aliphatic rings. The average Bonchev–Trinajstić information content (AvgIpc) is 3.41. The molecule has 75 heavy (non-hydrogen) atoms. The molecule has 0 rings (SSSR count). The highest BCUT2D eigenvalue weighted by Gasteiger charge is 2.19. The van der Waals surface area contributed by atoms with Crippen LogP contribution in [0.4, 0.5) is 0 Å². The Morgan fingerprint density at radius 2 is 0.480 bits per heavy atom. The summed E-state index contributed by atoms with van der Waals surface area (Å²) in [7, 11) is 0. The van der Waals surface area contributed by atoms with Gasteiger partial charge in [0.25, 0.3) is 0 Å². The quantitative estimate of drug-likeness (QED) is 0.0261. The van der Waals surface area contributed by atoms with Crippen molar-refractivity contribution in [1.82, 2.24) is 0 Å². The predicted molar refractivity (Wildman–Crippen MR) is 326 cm³/mol. The van der Waals surface area contributed by atoms with Gasteiger partial charge in [-0.3, -0.25) is 14.4 Å². The molecule has 0 aromatic heterocycles. The van der Waals surface area contributed by atoms with Crippen molar-refractivity contribution in [3.8, 4) is 0 Å². The van der Waals surface area contributed by atoms with E-state index in [0.717, 1.165) is 64.2 Å². The van der Waals surface area contributed by atoms with Crippen molar-refractivity contribution in [2.45, 2.75) is 374 Å². The smallest absolute Gasteiger partial charge is 0.306 e. The lowest BCUT2D eigenvalue weighted by Crippen LogP contribution is -2.30. The van der Waals surface area contributed by atoms with E-state index in [4.69, 9.17) is 14.2 Å². The van der Waals surface area contributed by atoms with Gasteiger partial charge in [-0.15, -0.1) is 0 Å². The highest BCUT2D eigenvalue weighted by atomic mass is 16.6. The first-order valence-electron chi connectivity index (χ1n) is 33.5. The predicted octanol–water partition coefficient (Wildman–Crippen LogP) is 22.8. The molecule has 0 aromatic carbocycles. The molecular weight excluding hydrogens is 925 g/mol. The van der Waals surface area contributed by atoms with Crippen LogP contribution in [0.25, 0.3) is 0 Å². The van der Waals surface area contributed by atoms with Crippen LogP contribution in [0, 0.1) is 0 Å². The summed E-state index contributed by atoms with van der Waals surface area (Å²) in [5.74, 6) is -0.853. The Kier molecular flexibility index (Phi) is 62.1. The Hall–Kier alpha value is -2.37. The molecule has 0 aliphatic carbocycles. The summed E-state index contributed by atoms with van der Waals surface area (Å²) >= 11 is 0. The zero-order valence-corrected chi connectivity index (χ0v) is 50.6. The Morgan fingerprint density at radius 3 is 0.773 bits per heavy atom. The Bertz CT molecular complexity index is 1250. The molecule has 0 spiro atoms. The van der Waals surface area contributed by atoms with Crippen molar-refractivity contribution in [2.24, 2.45) is 0 Å². The van der Waals surface area contributed by atoms with E-state index >= 15 is 0 Å². The van der Waals surface area contributed by atoms with Crippen molar-refractivity contribution < 1.29 is 28.6 Å². The van der Waals surface area contributed by atoms with Crippen LogP contribution in [0.3, 0.4) is 0 Å². The molecule has 440 valence electrons. The summed E-state index contributed by atoms with van der Waals surface area (Å²) in [6.07, 6.45) is 78.6. The average molecular weight is 1050 g/mol. The first kappa shape index (κ1) is 72.6. The largest absolute Gasteiger partial charge is 0.462 e. The summed E-state index contributed by atoms with van der Waals surface area (Å²) in [5.41, 5.74) is 0. The van der Waals surface area contributed by atoms with Gasteiger partial charge in [0.05, 0.1) is 0 Å². The minimum Gasteiger partial charge on any atom is -0.462 e. The van der Waals surface area contributed by atoms with Gasteiger partial charge in [-0.25, -0.2) is 0 Å². The number of carbonyl (C=O) groups excluding carboxylic acids is 3. The van der Waals surface area contributed by atoms with Crippen molar-refractivity contribution in [3.63, 3.8) is 0 Å². The fourth-order valence-corrected chi connectivity index (χ4v) is 10.1. The maximum absolute atomic E-state index is 12.9. The fraction of sp³-hybridized carbons (Fsp3) is 0.870. The number of carbonyl (C=O) groups is 3. The minimum absolute atomic E-state index is 0.0705. The molecule has 6 nitrogen and oxygen atoms in total. The van der Waals surface area contributed by atoms with Crippen molar-refractivity contribution in [2.75, 3.05) is 13.2 Å². The number of esters is 3. The molecule has 0 amide bonds. The zero-order valence-electron chi connectivity index (χ0n) is 50.6. The molecule has 0 bridgehead atoms. The van der Waals surface area contributed by atoms with Crippen LogP contribution in [0.2, 0.25) is 0 Å². The van der Waals surface area contributed by atoms with E-state index in [2.05, 4.69) is 57.2 Å². The third-order valence-electron chi connectivity index (χ3n) is 15.1. The van der Waals surface area contributed by atoms with Gasteiger partial charge in [-0.2, -0.15) is 0 Å². The van der Waals surface area contributed by atoms with E-state index in [1.54, 1.807) is 0 Å². The second-order valence-corrected chi connectivity index (χ2v) is 22.7. The molecule has 0 aliphatic heterocycles. The molecule has 0 saturated heterocycles. The van der Waals surface area contributed by atoms with E-state index in [-0.39, 0.29) is 31.1 Å². The van der Waals surface area contributed by atoms with Crippen molar-refractivity contribution >= 4 is 17.9 Å². The van der Waals surface area contributed by atoms with Gasteiger partial charge in [0.15, 0.2) is 6.10 Å². The van der Waals surface area contributed by atoms with Crippen LogP contribution in [-0.4, -0.2) is 37.2 Å². The molecular formula is C69H128O6. The normalized spacial score (nSPS) is 12.2. The van der Waals surface area contributed by atoms with Gasteiger partial charge in [-0.05, 0) is 77.0 Å². The molecule has 0 saturated carbocycles. The topological polar surface area (TPSA) is 78.9 Å². The third kappa shape index (κ3) is 62.4. The molecule has 0 N–H and O–H groups in total. The Morgan fingerprint density at radius 1 is 0.267 bits per heavy atom. The second kappa shape index (κ2) is 64.2. The first-order chi connectivity index (χ1) is 37.0. The molecule has 0 radical (unpaired) electrons. The number of hydrogen-bond acceptors (Lipinski definition) is 6. The number of ether oxygens (including phenoxy) is 3. The molecule has 1 atom stereocenters. The van der Waals surface area contributed by atoms with E-state index in [1.165, 1.54) is 263 Å². The fourth-order valence-electron chi connectivity index (χ4n) is 10.1. The number of allylic oxidation sites excluding steroid dienone is 6. The van der Waals surface area contributed by atoms with Crippen LogP contribution < -0.4 is 0 Å². The van der Waals surface area contributed by atoms with Gasteiger partial charge in [0, 0.05) is 19.3 Å². The zero-order chi connectivity index (χ0) is 54.3. The van der Waals surface area contributed by atoms with E-state index in [1.807, 2.05) is 0 Å². The lowest BCUT2D eigenvalue weighted by Gasteiger charge is -2.18. The van der Waals surface area contributed by atoms with E-state index in [9.17, 15) is 14.4 Å². The van der Waals surface area contributed by atoms with Gasteiger partial charge in [0.1, 0.15) is 13.2 Å². The van der Waals surface area contributed by atoms with Crippen molar-refractivity contribution in [3.05, 3.63) is 36.5 Å². The number of rotatable bonds is 62. The molecule has 0 unspecified atom stereocenters. The van der Waals surface area contributed by atoms with Crippen LogP contribution in [0.5, 0.6) is 0 Å². The minimum atomic E-state index is -0.775. The van der Waals surface area contributed by atoms with E-state index < -0.39 is 6.10 Å². The SMILES string of the molecule is CCCCC/C=C\C/C=C\CCCCCCCCCCCC(=O)OC[C@H](COC(=O)CCCCCCCCCCCCCCCCCCCCCCC)OC(=O)CCCCCCCCC/C=C\CCCCCCCC. The van der Waals surface area contributed by atoms with Crippen LogP contribution in [0.15, 0.2) is 36.5 Å². The maximum Gasteiger partial charge on any atom is 0.306 e. The lowest BCUT2D eigenvalue weighted by molar-refractivity contribution is -0.167. The lowest BCUT2D eigenvalue weighted by atomic mass is 10.0. The van der Waals surface area contributed by atoms with Crippen molar-refractivity contribution in [1.29, 1.82) is 0 Å². The Labute approximate surface area is 467 Å². The summed E-state index contributed by atoms with van der Waals surface area (Å²) in [6.45, 7) is 6.67. The highest BCUT2D eigenvalue weighted by molar-refractivity contribution is 5.71. The third-order valence-corrected chi connectivity index (χ3v) is 15.1. The van der Waals surface area contributed by atoms with Crippen LogP contribution >= 0.6 is 0 Å². The number of unbranched alkanes of at least 4 members (excludes halogenated alkanes) is 45. The molecule has 0 heterocycles. The molecule has 0 fully saturated rings. The Balaban J connectivity index is 4.32. The van der Waals surface area contributed by atoms with Crippen LogP contribution in [-0.2, 0) is 28.6 Å². The summed E-state index contributed by atoms with van der Waals surface area (Å²) in [4.78, 5) is 38.4. The monoisotopic (exact) mass is 1050 g/mol. The van der Waals surface area contributed by atoms with Gasteiger partial charge >= 0.3 is 17.9 Å².